The Hall–Kier alpha value is -3.60. The number of ether oxygens (including phenoxy) is 1. The Morgan fingerprint density at radius 2 is 1.47 bits per heavy atom. The molecule has 3 rings (SSSR count). The molecular weight excluding hydrogens is 424 g/mol. The molecule has 0 fully saturated rings. The number of nitrogens with one attached hydrogen (secondary N) is 1. The van der Waals surface area contributed by atoms with Crippen molar-refractivity contribution in [3.63, 3.8) is 0 Å². The lowest BCUT2D eigenvalue weighted by atomic mass is 10.0. The van der Waals surface area contributed by atoms with Gasteiger partial charge in [0.05, 0.1) is 0 Å². The van der Waals surface area contributed by atoms with Gasteiger partial charge in [-0.3, -0.25) is 9.59 Å². The summed E-state index contributed by atoms with van der Waals surface area (Å²) in [6, 6.07) is 26.5. The van der Waals surface area contributed by atoms with E-state index >= 15 is 0 Å². The van der Waals surface area contributed by atoms with E-state index in [1.807, 2.05) is 106 Å². The molecule has 0 bridgehead atoms. The predicted octanol–water partition coefficient (Wildman–Crippen LogP) is 4.93. The number of para-hydroxylation sites is 1. The van der Waals surface area contributed by atoms with Gasteiger partial charge in [-0.2, -0.15) is 0 Å². The number of carbonyl (C=O) groups is 2. The van der Waals surface area contributed by atoms with Crippen LogP contribution in [-0.4, -0.2) is 35.4 Å². The van der Waals surface area contributed by atoms with E-state index in [2.05, 4.69) is 5.32 Å². The second kappa shape index (κ2) is 12.6. The average Bonchev–Trinajstić information content (AvgIpc) is 2.86. The number of carbonyl (C=O) groups excluding carboxylic acids is 2. The summed E-state index contributed by atoms with van der Waals surface area (Å²) in [7, 11) is 0. The van der Waals surface area contributed by atoms with Crippen LogP contribution >= 0.6 is 0 Å². The zero-order valence-electron chi connectivity index (χ0n) is 20.2. The molecule has 178 valence electrons. The predicted molar refractivity (Wildman–Crippen MR) is 135 cm³/mol. The molecule has 0 aromatic heterocycles. The Morgan fingerprint density at radius 1 is 0.882 bits per heavy atom. The molecule has 3 aromatic carbocycles. The van der Waals surface area contributed by atoms with Crippen molar-refractivity contribution >= 4 is 11.8 Å². The van der Waals surface area contributed by atoms with Gasteiger partial charge in [0.1, 0.15) is 11.8 Å². The molecule has 0 radical (unpaired) electrons. The maximum absolute atomic E-state index is 13.5. The molecule has 0 heterocycles. The smallest absolute Gasteiger partial charge is 0.261 e. The summed E-state index contributed by atoms with van der Waals surface area (Å²) in [6.45, 7) is 6.13. The lowest BCUT2D eigenvalue weighted by molar-refractivity contribution is -0.143. The Balaban J connectivity index is 1.90. The summed E-state index contributed by atoms with van der Waals surface area (Å²) < 4.78 is 5.88. The standard InChI is InChI=1S/C29H34N2O3/c1-4-23(3)30-29(33)26(19-24-14-7-5-8-15-24)31(20-25-16-9-6-10-17-25)28(32)21-34-27-18-12-11-13-22(27)2/h5-18,23,26H,4,19-21H2,1-3H3,(H,30,33)/t23-,26+/m0/s1. The molecular formula is C29H34N2O3. The van der Waals surface area contributed by atoms with Crippen LogP contribution in [0.2, 0.25) is 0 Å². The maximum atomic E-state index is 13.5. The minimum atomic E-state index is -0.662. The molecule has 5 heteroatoms. The average molecular weight is 459 g/mol. The van der Waals surface area contributed by atoms with Crippen LogP contribution in [-0.2, 0) is 22.6 Å². The quantitative estimate of drug-likeness (QED) is 0.443. The second-order valence-corrected chi connectivity index (χ2v) is 8.58. The van der Waals surface area contributed by atoms with Crippen molar-refractivity contribution < 1.29 is 14.3 Å². The van der Waals surface area contributed by atoms with E-state index in [9.17, 15) is 9.59 Å². The number of benzene rings is 3. The number of rotatable bonds is 11. The Kier molecular flexibility index (Phi) is 9.27. The Bertz CT molecular complexity index is 1050. The van der Waals surface area contributed by atoms with Crippen LogP contribution in [0.3, 0.4) is 0 Å². The lowest BCUT2D eigenvalue weighted by Gasteiger charge is -2.32. The van der Waals surface area contributed by atoms with Crippen LogP contribution in [0.4, 0.5) is 0 Å². The van der Waals surface area contributed by atoms with Crippen molar-refractivity contribution in [1.82, 2.24) is 10.2 Å². The molecule has 1 N–H and O–H groups in total. The van der Waals surface area contributed by atoms with E-state index in [4.69, 9.17) is 4.74 Å². The van der Waals surface area contributed by atoms with E-state index in [1.54, 1.807) is 4.90 Å². The molecule has 0 spiro atoms. The number of hydrogen-bond acceptors (Lipinski definition) is 3. The van der Waals surface area contributed by atoms with Crippen LogP contribution in [0.5, 0.6) is 5.75 Å². The first-order chi connectivity index (χ1) is 16.5. The number of nitrogens with zero attached hydrogens (tertiary/aromatic N) is 1. The van der Waals surface area contributed by atoms with Crippen LogP contribution < -0.4 is 10.1 Å². The van der Waals surface area contributed by atoms with Crippen molar-refractivity contribution in [2.45, 2.75) is 52.2 Å². The first-order valence-electron chi connectivity index (χ1n) is 11.8. The molecule has 0 aliphatic heterocycles. The normalized spacial score (nSPS) is 12.4. The van der Waals surface area contributed by atoms with Gasteiger partial charge in [0.15, 0.2) is 6.61 Å². The molecule has 3 aromatic rings. The minimum Gasteiger partial charge on any atom is -0.484 e. The third-order valence-electron chi connectivity index (χ3n) is 5.91. The van der Waals surface area contributed by atoms with E-state index in [1.165, 1.54) is 0 Å². The molecule has 2 atom stereocenters. The first kappa shape index (κ1) is 25.0. The molecule has 2 amide bonds. The number of hydrogen-bond donors (Lipinski definition) is 1. The number of aryl methyl sites for hydroxylation is 1. The van der Waals surface area contributed by atoms with Gasteiger partial charge >= 0.3 is 0 Å². The minimum absolute atomic E-state index is 0.0164. The first-order valence-corrected chi connectivity index (χ1v) is 11.8. The SMILES string of the molecule is CC[C@H](C)NC(=O)[C@@H](Cc1ccccc1)N(Cc1ccccc1)C(=O)COc1ccccc1C. The highest BCUT2D eigenvalue weighted by Gasteiger charge is 2.31. The molecule has 0 saturated carbocycles. The van der Waals surface area contributed by atoms with Gasteiger partial charge in [0.25, 0.3) is 5.91 Å². The summed E-state index contributed by atoms with van der Waals surface area (Å²) in [5.74, 6) is 0.282. The monoisotopic (exact) mass is 458 g/mol. The molecule has 5 nitrogen and oxygen atoms in total. The van der Waals surface area contributed by atoms with E-state index in [0.29, 0.717) is 18.7 Å². The second-order valence-electron chi connectivity index (χ2n) is 8.58. The fraction of sp³-hybridized carbons (Fsp3) is 0.310. The third kappa shape index (κ3) is 7.20. The van der Waals surface area contributed by atoms with Gasteiger partial charge in [-0.1, -0.05) is 85.8 Å². The summed E-state index contributed by atoms with van der Waals surface area (Å²) in [4.78, 5) is 28.6. The zero-order chi connectivity index (χ0) is 24.3. The van der Waals surface area contributed by atoms with Gasteiger partial charge in [-0.05, 0) is 43.0 Å². The topological polar surface area (TPSA) is 58.6 Å². The fourth-order valence-electron chi connectivity index (χ4n) is 3.72. The van der Waals surface area contributed by atoms with Crippen molar-refractivity contribution in [3.05, 3.63) is 102 Å². The molecule has 34 heavy (non-hydrogen) atoms. The van der Waals surface area contributed by atoms with E-state index < -0.39 is 6.04 Å². The fourth-order valence-corrected chi connectivity index (χ4v) is 3.72. The number of amides is 2. The summed E-state index contributed by atoms with van der Waals surface area (Å²) in [5, 5.41) is 3.08. The van der Waals surface area contributed by atoms with Crippen LogP contribution in [0, 0.1) is 6.92 Å². The highest BCUT2D eigenvalue weighted by Crippen LogP contribution is 2.18. The largest absolute Gasteiger partial charge is 0.484 e. The van der Waals surface area contributed by atoms with Crippen LogP contribution in [0.15, 0.2) is 84.9 Å². The molecule has 0 aliphatic carbocycles. The van der Waals surface area contributed by atoms with Crippen molar-refractivity contribution in [3.8, 4) is 5.75 Å². The molecule has 0 unspecified atom stereocenters. The zero-order valence-corrected chi connectivity index (χ0v) is 20.2. The molecule has 0 aliphatic rings. The Morgan fingerprint density at radius 3 is 2.09 bits per heavy atom. The van der Waals surface area contributed by atoms with Gasteiger partial charge in [0.2, 0.25) is 5.91 Å². The van der Waals surface area contributed by atoms with Gasteiger partial charge in [-0.15, -0.1) is 0 Å². The van der Waals surface area contributed by atoms with Crippen molar-refractivity contribution in [2.75, 3.05) is 6.61 Å². The van der Waals surface area contributed by atoms with Gasteiger partial charge in [0, 0.05) is 19.0 Å². The summed E-state index contributed by atoms with van der Waals surface area (Å²) in [6.07, 6.45) is 1.23. The summed E-state index contributed by atoms with van der Waals surface area (Å²) >= 11 is 0. The van der Waals surface area contributed by atoms with Crippen molar-refractivity contribution in [2.24, 2.45) is 0 Å². The highest BCUT2D eigenvalue weighted by atomic mass is 16.5. The van der Waals surface area contributed by atoms with Gasteiger partial charge < -0.3 is 15.0 Å². The molecule has 0 saturated heterocycles. The van der Waals surface area contributed by atoms with Crippen molar-refractivity contribution in [1.29, 1.82) is 0 Å². The summed E-state index contributed by atoms with van der Waals surface area (Å²) in [5.41, 5.74) is 2.92. The lowest BCUT2D eigenvalue weighted by Crippen LogP contribution is -2.53. The Labute approximate surface area is 202 Å². The van der Waals surface area contributed by atoms with Gasteiger partial charge in [-0.25, -0.2) is 0 Å². The maximum Gasteiger partial charge on any atom is 0.261 e. The van der Waals surface area contributed by atoms with E-state index in [-0.39, 0.29) is 24.5 Å². The third-order valence-corrected chi connectivity index (χ3v) is 5.91. The highest BCUT2D eigenvalue weighted by molar-refractivity contribution is 5.88. The van der Waals surface area contributed by atoms with E-state index in [0.717, 1.165) is 23.1 Å². The van der Waals surface area contributed by atoms with Crippen LogP contribution in [0.25, 0.3) is 0 Å². The van der Waals surface area contributed by atoms with Crippen LogP contribution in [0.1, 0.15) is 37.0 Å².